The van der Waals surface area contributed by atoms with Gasteiger partial charge in [-0.2, -0.15) is 4.98 Å². The number of aryl methyl sites for hydroxylation is 1. The fraction of sp³-hybridized carbons (Fsp3) is 0.609. The number of morpholine rings is 1. The Morgan fingerprint density at radius 3 is 2.56 bits per heavy atom. The fourth-order valence-electron chi connectivity index (χ4n) is 3.97. The summed E-state index contributed by atoms with van der Waals surface area (Å²) in [6.07, 6.45) is 3.64. The third-order valence-electron chi connectivity index (χ3n) is 5.79. The summed E-state index contributed by atoms with van der Waals surface area (Å²) in [7, 11) is 0. The zero-order chi connectivity index (χ0) is 24.3. The van der Waals surface area contributed by atoms with Gasteiger partial charge in [-0.3, -0.25) is 0 Å². The lowest BCUT2D eigenvalue weighted by Crippen LogP contribution is -2.46. The van der Waals surface area contributed by atoms with Crippen molar-refractivity contribution >= 4 is 17.9 Å². The minimum atomic E-state index is -0.741. The minimum absolute atomic E-state index is 0.161. The summed E-state index contributed by atoms with van der Waals surface area (Å²) in [5.41, 5.74) is 0.119. The van der Waals surface area contributed by atoms with Crippen molar-refractivity contribution in [2.75, 3.05) is 56.2 Å². The Labute approximate surface area is 199 Å². The second-order valence-electron chi connectivity index (χ2n) is 9.77. The first-order chi connectivity index (χ1) is 16.2. The predicted octanol–water partition coefficient (Wildman–Crippen LogP) is 1.86. The Morgan fingerprint density at radius 2 is 1.91 bits per heavy atom. The molecule has 0 aliphatic carbocycles. The fourth-order valence-corrected chi connectivity index (χ4v) is 3.97. The largest absolute Gasteiger partial charge is 0.444 e. The van der Waals surface area contributed by atoms with Crippen LogP contribution >= 0.6 is 0 Å². The molecule has 1 amide bonds. The van der Waals surface area contributed by atoms with Crippen molar-refractivity contribution in [3.8, 4) is 11.3 Å². The van der Waals surface area contributed by atoms with E-state index < -0.39 is 11.1 Å². The van der Waals surface area contributed by atoms with Crippen LogP contribution in [0.5, 0.6) is 0 Å². The smallest absolute Gasteiger partial charge is 0.410 e. The quantitative estimate of drug-likeness (QED) is 0.667. The van der Waals surface area contributed by atoms with E-state index in [1.807, 2.05) is 33.8 Å². The molecule has 11 nitrogen and oxygen atoms in total. The van der Waals surface area contributed by atoms with E-state index >= 15 is 0 Å². The number of nitrogens with zero attached hydrogens (tertiary/aromatic N) is 6. The van der Waals surface area contributed by atoms with Crippen molar-refractivity contribution < 1.29 is 19.4 Å². The summed E-state index contributed by atoms with van der Waals surface area (Å²) in [6.45, 7) is 10.5. The number of rotatable bonds is 5. The van der Waals surface area contributed by atoms with Crippen LogP contribution < -0.4 is 10.2 Å². The number of carbonyl (C=O) groups excluding carboxylic acids is 1. The van der Waals surface area contributed by atoms with E-state index in [4.69, 9.17) is 19.4 Å². The Bertz CT molecular complexity index is 1010. The van der Waals surface area contributed by atoms with Gasteiger partial charge in [0.1, 0.15) is 17.2 Å². The van der Waals surface area contributed by atoms with Crippen LogP contribution in [0.4, 0.5) is 16.6 Å². The minimum Gasteiger partial charge on any atom is -0.444 e. The molecular weight excluding hydrogens is 438 g/mol. The molecule has 4 heterocycles. The molecule has 0 bridgehead atoms. The Hall–Kier alpha value is -3.05. The standard InChI is InChI=1S/C23H33N7O4/c1-16-24-12-17(13-25-16)18-11-19(27-20(26-18)29-7-9-33-10-8-29)28-23(15-31)5-6-30(14-23)21(32)34-22(2,3)4/h11-13,31H,5-10,14-15H2,1-4H3,(H,26,27,28)/t23-/m0/s1. The summed E-state index contributed by atoms with van der Waals surface area (Å²) >= 11 is 0. The maximum absolute atomic E-state index is 12.6. The number of likely N-dealkylation sites (tertiary alicyclic amines) is 1. The molecule has 0 saturated carbocycles. The number of aromatic nitrogens is 4. The van der Waals surface area contributed by atoms with Crippen molar-refractivity contribution in [3.05, 3.63) is 24.3 Å². The summed E-state index contributed by atoms with van der Waals surface area (Å²) < 4.78 is 11.0. The molecule has 1 atom stereocenters. The molecule has 2 fully saturated rings. The molecule has 2 aromatic rings. The molecule has 0 radical (unpaired) electrons. The number of hydrogen-bond donors (Lipinski definition) is 2. The summed E-state index contributed by atoms with van der Waals surface area (Å²) in [6, 6.07) is 1.82. The maximum Gasteiger partial charge on any atom is 0.410 e. The van der Waals surface area contributed by atoms with E-state index in [-0.39, 0.29) is 12.7 Å². The molecule has 184 valence electrons. The molecule has 34 heavy (non-hydrogen) atoms. The van der Waals surface area contributed by atoms with Gasteiger partial charge in [-0.25, -0.2) is 19.7 Å². The zero-order valence-corrected chi connectivity index (χ0v) is 20.2. The van der Waals surface area contributed by atoms with Gasteiger partial charge >= 0.3 is 6.09 Å². The molecule has 0 aromatic carbocycles. The van der Waals surface area contributed by atoms with Gasteiger partial charge in [-0.15, -0.1) is 0 Å². The molecule has 2 aliphatic heterocycles. The molecule has 11 heteroatoms. The van der Waals surface area contributed by atoms with Gasteiger partial charge in [0, 0.05) is 50.2 Å². The summed E-state index contributed by atoms with van der Waals surface area (Å²) in [5.74, 6) is 1.81. The molecule has 0 spiro atoms. The first-order valence-corrected chi connectivity index (χ1v) is 11.5. The highest BCUT2D eigenvalue weighted by atomic mass is 16.6. The number of nitrogens with one attached hydrogen (secondary N) is 1. The van der Waals surface area contributed by atoms with Crippen molar-refractivity contribution in [1.82, 2.24) is 24.8 Å². The maximum atomic E-state index is 12.6. The molecular formula is C23H33N7O4. The van der Waals surface area contributed by atoms with E-state index in [1.54, 1.807) is 17.3 Å². The van der Waals surface area contributed by atoms with Gasteiger partial charge in [0.15, 0.2) is 0 Å². The summed E-state index contributed by atoms with van der Waals surface area (Å²) in [5, 5.41) is 13.7. The van der Waals surface area contributed by atoms with Gasteiger partial charge in [-0.1, -0.05) is 0 Å². The highest BCUT2D eigenvalue weighted by molar-refractivity contribution is 5.69. The average Bonchev–Trinajstić information content (AvgIpc) is 3.23. The van der Waals surface area contributed by atoms with Crippen LogP contribution in [0.2, 0.25) is 0 Å². The van der Waals surface area contributed by atoms with Crippen LogP contribution in [0.25, 0.3) is 11.3 Å². The van der Waals surface area contributed by atoms with Crippen molar-refractivity contribution in [3.63, 3.8) is 0 Å². The lowest BCUT2D eigenvalue weighted by atomic mass is 10.00. The van der Waals surface area contributed by atoms with Gasteiger partial charge in [0.2, 0.25) is 5.95 Å². The van der Waals surface area contributed by atoms with E-state index in [2.05, 4.69) is 20.2 Å². The van der Waals surface area contributed by atoms with Crippen molar-refractivity contribution in [1.29, 1.82) is 0 Å². The normalized spacial score (nSPS) is 21.0. The molecule has 2 saturated heterocycles. The van der Waals surface area contributed by atoms with E-state index in [9.17, 15) is 9.90 Å². The first-order valence-electron chi connectivity index (χ1n) is 11.5. The topological polar surface area (TPSA) is 126 Å². The van der Waals surface area contributed by atoms with Crippen LogP contribution in [0.15, 0.2) is 18.5 Å². The number of hydrogen-bond acceptors (Lipinski definition) is 10. The molecule has 2 aromatic heterocycles. The van der Waals surface area contributed by atoms with Gasteiger partial charge in [0.25, 0.3) is 0 Å². The first kappa shape index (κ1) is 24.1. The lowest BCUT2D eigenvalue weighted by molar-refractivity contribution is 0.0281. The number of aliphatic hydroxyl groups excluding tert-OH is 1. The molecule has 4 rings (SSSR count). The zero-order valence-electron chi connectivity index (χ0n) is 20.2. The van der Waals surface area contributed by atoms with E-state index in [1.165, 1.54) is 0 Å². The number of amides is 1. The van der Waals surface area contributed by atoms with Crippen LogP contribution in [0.1, 0.15) is 33.0 Å². The third kappa shape index (κ3) is 5.71. The monoisotopic (exact) mass is 471 g/mol. The second-order valence-corrected chi connectivity index (χ2v) is 9.77. The highest BCUT2D eigenvalue weighted by Crippen LogP contribution is 2.29. The van der Waals surface area contributed by atoms with Gasteiger partial charge in [0.05, 0.1) is 31.1 Å². The lowest BCUT2D eigenvalue weighted by Gasteiger charge is -2.31. The number of ether oxygens (including phenoxy) is 2. The third-order valence-corrected chi connectivity index (χ3v) is 5.79. The number of aliphatic hydroxyl groups is 1. The molecule has 2 aliphatic rings. The van der Waals surface area contributed by atoms with E-state index in [0.717, 1.165) is 5.56 Å². The highest BCUT2D eigenvalue weighted by Gasteiger charge is 2.41. The average molecular weight is 472 g/mol. The van der Waals surface area contributed by atoms with Crippen LogP contribution in [-0.4, -0.2) is 93.2 Å². The Balaban J connectivity index is 1.61. The van der Waals surface area contributed by atoms with Crippen LogP contribution in [-0.2, 0) is 9.47 Å². The molecule has 0 unspecified atom stereocenters. The van der Waals surface area contributed by atoms with Crippen molar-refractivity contribution in [2.45, 2.75) is 45.3 Å². The number of anilines is 2. The van der Waals surface area contributed by atoms with Crippen molar-refractivity contribution in [2.24, 2.45) is 0 Å². The van der Waals surface area contributed by atoms with Crippen LogP contribution in [0, 0.1) is 6.92 Å². The van der Waals surface area contributed by atoms with Gasteiger partial charge in [-0.05, 0) is 34.1 Å². The predicted molar refractivity (Wildman–Crippen MR) is 127 cm³/mol. The van der Waals surface area contributed by atoms with Crippen LogP contribution in [0.3, 0.4) is 0 Å². The SMILES string of the molecule is Cc1ncc(-c2cc(N[C@@]3(CO)CCN(C(=O)OC(C)(C)C)C3)nc(N3CCOCC3)n2)cn1. The summed E-state index contributed by atoms with van der Waals surface area (Å²) in [4.78, 5) is 34.4. The molecule has 2 N–H and O–H groups in total. The second kappa shape index (κ2) is 9.67. The number of carbonyl (C=O) groups is 1. The Kier molecular flexibility index (Phi) is 6.85. The van der Waals surface area contributed by atoms with Gasteiger partial charge < -0.3 is 29.7 Å². The van der Waals surface area contributed by atoms with E-state index in [0.29, 0.717) is 69.1 Å². The Morgan fingerprint density at radius 1 is 1.21 bits per heavy atom.